The van der Waals surface area contributed by atoms with E-state index < -0.39 is 5.82 Å². The third-order valence-corrected chi connectivity index (χ3v) is 2.92. The number of halogens is 1. The molecule has 0 saturated heterocycles. The first kappa shape index (κ1) is 16.4. The van der Waals surface area contributed by atoms with Gasteiger partial charge in [0.15, 0.2) is 0 Å². The minimum atomic E-state index is -0.500. The van der Waals surface area contributed by atoms with Crippen molar-refractivity contribution < 1.29 is 13.9 Å². The van der Waals surface area contributed by atoms with E-state index >= 15 is 0 Å². The summed E-state index contributed by atoms with van der Waals surface area (Å²) in [4.78, 5) is 13.9. The zero-order valence-electron chi connectivity index (χ0n) is 12.1. The summed E-state index contributed by atoms with van der Waals surface area (Å²) in [7, 11) is 1.61. The highest BCUT2D eigenvalue weighted by atomic mass is 19.1. The van der Waals surface area contributed by atoms with Gasteiger partial charge < -0.3 is 15.8 Å². The van der Waals surface area contributed by atoms with Crippen LogP contribution >= 0.6 is 0 Å². The molecule has 0 saturated carbocycles. The molecule has 0 unspecified atom stereocenters. The summed E-state index contributed by atoms with van der Waals surface area (Å²) in [5, 5.41) is 2.54. The van der Waals surface area contributed by atoms with E-state index in [0.29, 0.717) is 18.8 Å². The van der Waals surface area contributed by atoms with Crippen LogP contribution in [0, 0.1) is 5.82 Å². The lowest BCUT2D eigenvalue weighted by molar-refractivity contribution is -0.117. The molecule has 0 radical (unpaired) electrons. The Morgan fingerprint density at radius 1 is 1.50 bits per heavy atom. The first-order valence-corrected chi connectivity index (χ1v) is 6.52. The molecule has 0 atom stereocenters. The van der Waals surface area contributed by atoms with Crippen LogP contribution in [0.15, 0.2) is 18.2 Å². The van der Waals surface area contributed by atoms with Gasteiger partial charge in [-0.25, -0.2) is 4.39 Å². The van der Waals surface area contributed by atoms with Crippen molar-refractivity contribution in [3.05, 3.63) is 24.0 Å². The highest BCUT2D eigenvalue weighted by Gasteiger charge is 2.15. The molecule has 0 aliphatic heterocycles. The zero-order chi connectivity index (χ0) is 15.1. The Morgan fingerprint density at radius 3 is 2.80 bits per heavy atom. The molecule has 0 heterocycles. The molecular weight excluding hydrogens is 261 g/mol. The van der Waals surface area contributed by atoms with Gasteiger partial charge >= 0.3 is 0 Å². The smallest absolute Gasteiger partial charge is 0.238 e. The highest BCUT2D eigenvalue weighted by Crippen LogP contribution is 2.17. The molecule has 3 N–H and O–H groups in total. The standard InChI is InChI=1S/C14H22FN3O2/c1-10(2)18(6-7-20-3)9-14(19)17-13-8-11(16)4-5-12(13)15/h4-5,8,10H,6-7,9,16H2,1-3H3,(H,17,19). The van der Waals surface area contributed by atoms with Gasteiger partial charge in [0.1, 0.15) is 5.82 Å². The molecule has 0 aromatic heterocycles. The summed E-state index contributed by atoms with van der Waals surface area (Å²) in [6, 6.07) is 4.28. The number of hydrogen-bond donors (Lipinski definition) is 2. The normalized spacial score (nSPS) is 11.1. The fraction of sp³-hybridized carbons (Fsp3) is 0.500. The molecule has 1 aromatic rings. The Kier molecular flexibility index (Phi) is 6.41. The van der Waals surface area contributed by atoms with Gasteiger partial charge in [0.05, 0.1) is 18.8 Å². The number of nitrogens with one attached hydrogen (secondary N) is 1. The van der Waals surface area contributed by atoms with Crippen molar-refractivity contribution in [3.63, 3.8) is 0 Å². The lowest BCUT2D eigenvalue weighted by atomic mass is 10.2. The van der Waals surface area contributed by atoms with Crippen molar-refractivity contribution in [2.24, 2.45) is 0 Å². The SMILES string of the molecule is COCCN(CC(=O)Nc1cc(N)ccc1F)C(C)C. The van der Waals surface area contributed by atoms with Crippen LogP contribution in [0.3, 0.4) is 0 Å². The molecule has 0 aliphatic rings. The first-order chi connectivity index (χ1) is 9.43. The lowest BCUT2D eigenvalue weighted by Crippen LogP contribution is -2.40. The number of ether oxygens (including phenoxy) is 1. The van der Waals surface area contributed by atoms with Gasteiger partial charge in [-0.15, -0.1) is 0 Å². The predicted molar refractivity (Wildman–Crippen MR) is 78.0 cm³/mol. The highest BCUT2D eigenvalue weighted by molar-refractivity contribution is 5.92. The quantitative estimate of drug-likeness (QED) is 0.747. The fourth-order valence-electron chi connectivity index (χ4n) is 1.74. The monoisotopic (exact) mass is 283 g/mol. The number of methoxy groups -OCH3 is 1. The van der Waals surface area contributed by atoms with Crippen molar-refractivity contribution >= 4 is 17.3 Å². The molecule has 112 valence electrons. The fourth-order valence-corrected chi connectivity index (χ4v) is 1.74. The number of benzene rings is 1. The number of nitrogen functional groups attached to an aromatic ring is 1. The van der Waals surface area contributed by atoms with Crippen LogP contribution in [0.5, 0.6) is 0 Å². The lowest BCUT2D eigenvalue weighted by Gasteiger charge is -2.25. The van der Waals surface area contributed by atoms with E-state index in [2.05, 4.69) is 5.32 Å². The van der Waals surface area contributed by atoms with Gasteiger partial charge in [0.2, 0.25) is 5.91 Å². The van der Waals surface area contributed by atoms with E-state index in [4.69, 9.17) is 10.5 Å². The minimum Gasteiger partial charge on any atom is -0.399 e. The summed E-state index contributed by atoms with van der Waals surface area (Å²) in [5.74, 6) is -0.778. The summed E-state index contributed by atoms with van der Waals surface area (Å²) in [6.07, 6.45) is 0. The van der Waals surface area contributed by atoms with E-state index in [1.807, 2.05) is 18.7 Å². The summed E-state index contributed by atoms with van der Waals surface area (Å²) in [6.45, 7) is 5.34. The van der Waals surface area contributed by atoms with E-state index in [-0.39, 0.29) is 24.2 Å². The molecule has 6 heteroatoms. The molecule has 20 heavy (non-hydrogen) atoms. The molecule has 0 fully saturated rings. The largest absolute Gasteiger partial charge is 0.399 e. The van der Waals surface area contributed by atoms with Crippen molar-refractivity contribution in [2.75, 3.05) is 37.9 Å². The summed E-state index contributed by atoms with van der Waals surface area (Å²) >= 11 is 0. The van der Waals surface area contributed by atoms with E-state index in [9.17, 15) is 9.18 Å². The molecule has 0 spiro atoms. The van der Waals surface area contributed by atoms with Crippen LogP contribution in [0.25, 0.3) is 0 Å². The van der Waals surface area contributed by atoms with E-state index in [1.165, 1.54) is 18.2 Å². The van der Waals surface area contributed by atoms with Crippen molar-refractivity contribution in [1.82, 2.24) is 4.90 Å². The molecular formula is C14H22FN3O2. The Morgan fingerprint density at radius 2 is 2.20 bits per heavy atom. The summed E-state index contributed by atoms with van der Waals surface area (Å²) in [5.41, 5.74) is 6.08. The van der Waals surface area contributed by atoms with Crippen LogP contribution in [-0.4, -0.2) is 43.7 Å². The number of carbonyl (C=O) groups is 1. The van der Waals surface area contributed by atoms with Crippen LogP contribution in [-0.2, 0) is 9.53 Å². The number of rotatable bonds is 7. The van der Waals surface area contributed by atoms with Gasteiger partial charge in [-0.3, -0.25) is 9.69 Å². The predicted octanol–water partition coefficient (Wildman–Crippen LogP) is 1.70. The van der Waals surface area contributed by atoms with Crippen molar-refractivity contribution in [2.45, 2.75) is 19.9 Å². The van der Waals surface area contributed by atoms with Gasteiger partial charge in [0, 0.05) is 25.4 Å². The third kappa shape index (κ3) is 5.14. The maximum Gasteiger partial charge on any atom is 0.238 e. The summed E-state index contributed by atoms with van der Waals surface area (Å²) < 4.78 is 18.5. The number of nitrogens with two attached hydrogens (primary N) is 1. The van der Waals surface area contributed by atoms with E-state index in [0.717, 1.165) is 0 Å². The molecule has 0 bridgehead atoms. The van der Waals surface area contributed by atoms with Gasteiger partial charge in [-0.05, 0) is 32.0 Å². The second kappa shape index (κ2) is 7.81. The van der Waals surface area contributed by atoms with Gasteiger partial charge in [-0.1, -0.05) is 0 Å². The molecule has 1 aromatic carbocycles. The van der Waals surface area contributed by atoms with Gasteiger partial charge in [0.25, 0.3) is 0 Å². The second-order valence-corrected chi connectivity index (χ2v) is 4.84. The molecule has 1 rings (SSSR count). The third-order valence-electron chi connectivity index (χ3n) is 2.92. The number of hydrogen-bond acceptors (Lipinski definition) is 4. The number of anilines is 2. The Hall–Kier alpha value is -1.66. The van der Waals surface area contributed by atoms with Gasteiger partial charge in [-0.2, -0.15) is 0 Å². The first-order valence-electron chi connectivity index (χ1n) is 6.52. The van der Waals surface area contributed by atoms with Crippen molar-refractivity contribution in [1.29, 1.82) is 0 Å². The Bertz CT molecular complexity index is 452. The van der Waals surface area contributed by atoms with Crippen molar-refractivity contribution in [3.8, 4) is 0 Å². The Labute approximate surface area is 118 Å². The Balaban J connectivity index is 2.63. The van der Waals surface area contributed by atoms with Crippen LogP contribution in [0.4, 0.5) is 15.8 Å². The second-order valence-electron chi connectivity index (χ2n) is 4.84. The van der Waals surface area contributed by atoms with Crippen LogP contribution in [0.2, 0.25) is 0 Å². The average Bonchev–Trinajstić information content (AvgIpc) is 2.38. The molecule has 0 aliphatic carbocycles. The number of carbonyl (C=O) groups excluding carboxylic acids is 1. The van der Waals surface area contributed by atoms with Crippen LogP contribution < -0.4 is 11.1 Å². The maximum atomic E-state index is 13.5. The number of nitrogens with zero attached hydrogens (tertiary/aromatic N) is 1. The van der Waals surface area contributed by atoms with Crippen LogP contribution in [0.1, 0.15) is 13.8 Å². The number of amides is 1. The molecule has 5 nitrogen and oxygen atoms in total. The topological polar surface area (TPSA) is 67.6 Å². The maximum absolute atomic E-state index is 13.5. The zero-order valence-corrected chi connectivity index (χ0v) is 12.1. The van der Waals surface area contributed by atoms with E-state index in [1.54, 1.807) is 7.11 Å². The average molecular weight is 283 g/mol. The molecule has 1 amide bonds. The minimum absolute atomic E-state index is 0.102.